The standard InChI is InChI=1S/C25H26N2O6S/c1-31-21-11-9-19(23(17-21)32-2)10-13-25(28)27-15-14-18-8-12-22(24(16-18)34(26,29)30)33-20-6-4-3-5-7-20/h3-13,16-17H,14-15H2,1-2H3,(H,27,28)(H2,26,29,30)/b13-10+. The van der Waals surface area contributed by atoms with Crippen LogP contribution in [0.2, 0.25) is 0 Å². The van der Waals surface area contributed by atoms with E-state index in [2.05, 4.69) is 5.32 Å². The smallest absolute Gasteiger partial charge is 0.244 e. The summed E-state index contributed by atoms with van der Waals surface area (Å²) in [6, 6.07) is 18.8. The Kier molecular flexibility index (Phi) is 8.29. The van der Waals surface area contributed by atoms with E-state index >= 15 is 0 Å². The van der Waals surface area contributed by atoms with E-state index in [1.54, 1.807) is 67.8 Å². The Bertz CT molecular complexity index is 1270. The third-order valence-electron chi connectivity index (χ3n) is 4.85. The van der Waals surface area contributed by atoms with Crippen molar-refractivity contribution in [1.82, 2.24) is 5.32 Å². The molecular weight excluding hydrogens is 456 g/mol. The van der Waals surface area contributed by atoms with Crippen LogP contribution in [-0.2, 0) is 21.2 Å². The summed E-state index contributed by atoms with van der Waals surface area (Å²) in [4.78, 5) is 12.1. The fraction of sp³-hybridized carbons (Fsp3) is 0.160. The second kappa shape index (κ2) is 11.4. The third-order valence-corrected chi connectivity index (χ3v) is 5.79. The van der Waals surface area contributed by atoms with E-state index in [1.165, 1.54) is 19.3 Å². The minimum absolute atomic E-state index is 0.119. The molecule has 3 aromatic carbocycles. The molecule has 0 aromatic heterocycles. The number of methoxy groups -OCH3 is 2. The molecule has 0 radical (unpaired) electrons. The number of benzene rings is 3. The molecule has 9 heteroatoms. The van der Waals surface area contributed by atoms with Gasteiger partial charge in [-0.1, -0.05) is 24.3 Å². The maximum absolute atomic E-state index is 12.2. The van der Waals surface area contributed by atoms with Crippen molar-refractivity contribution in [2.24, 2.45) is 5.14 Å². The number of hydrogen-bond donors (Lipinski definition) is 2. The van der Waals surface area contributed by atoms with Crippen LogP contribution < -0.4 is 24.7 Å². The lowest BCUT2D eigenvalue weighted by atomic mass is 10.1. The Morgan fingerprint density at radius 1 is 0.941 bits per heavy atom. The number of para-hydroxylation sites is 1. The maximum atomic E-state index is 12.2. The minimum Gasteiger partial charge on any atom is -0.497 e. The van der Waals surface area contributed by atoms with Crippen molar-refractivity contribution in [2.45, 2.75) is 11.3 Å². The largest absolute Gasteiger partial charge is 0.497 e. The Hall–Kier alpha value is -3.82. The molecular formula is C25H26N2O6S. The van der Waals surface area contributed by atoms with Gasteiger partial charge in [0.25, 0.3) is 0 Å². The quantitative estimate of drug-likeness (QED) is 0.427. The zero-order valence-corrected chi connectivity index (χ0v) is 19.7. The minimum atomic E-state index is -4.01. The Balaban J connectivity index is 1.63. The van der Waals surface area contributed by atoms with Crippen molar-refractivity contribution in [3.63, 3.8) is 0 Å². The predicted octanol–water partition coefficient (Wildman–Crippen LogP) is 3.52. The topological polar surface area (TPSA) is 117 Å². The molecule has 0 aliphatic heterocycles. The number of ether oxygens (including phenoxy) is 3. The first-order valence-corrected chi connectivity index (χ1v) is 11.9. The Labute approximate surface area is 199 Å². The van der Waals surface area contributed by atoms with E-state index in [9.17, 15) is 13.2 Å². The van der Waals surface area contributed by atoms with Crippen LogP contribution in [-0.4, -0.2) is 35.1 Å². The van der Waals surface area contributed by atoms with Crippen LogP contribution in [0.15, 0.2) is 77.7 Å². The van der Waals surface area contributed by atoms with Crippen molar-refractivity contribution in [2.75, 3.05) is 20.8 Å². The molecule has 0 aliphatic rings. The van der Waals surface area contributed by atoms with Gasteiger partial charge < -0.3 is 19.5 Å². The molecule has 0 atom stereocenters. The number of nitrogens with one attached hydrogen (secondary N) is 1. The summed E-state index contributed by atoms with van der Waals surface area (Å²) in [6.45, 7) is 0.297. The number of primary sulfonamides is 1. The number of carbonyl (C=O) groups is 1. The van der Waals surface area contributed by atoms with Crippen LogP contribution in [0, 0.1) is 0 Å². The number of sulfonamides is 1. The third kappa shape index (κ3) is 6.84. The highest BCUT2D eigenvalue weighted by Gasteiger charge is 2.17. The van der Waals surface area contributed by atoms with Gasteiger partial charge >= 0.3 is 0 Å². The van der Waals surface area contributed by atoms with E-state index in [1.807, 2.05) is 6.07 Å². The van der Waals surface area contributed by atoms with Crippen molar-refractivity contribution in [3.05, 3.63) is 83.9 Å². The van der Waals surface area contributed by atoms with Gasteiger partial charge in [-0.25, -0.2) is 13.6 Å². The maximum Gasteiger partial charge on any atom is 0.244 e. The number of amides is 1. The van der Waals surface area contributed by atoms with Crippen molar-refractivity contribution >= 4 is 22.0 Å². The molecule has 1 amide bonds. The molecule has 0 heterocycles. The van der Waals surface area contributed by atoms with Gasteiger partial charge in [0.2, 0.25) is 15.9 Å². The van der Waals surface area contributed by atoms with Crippen LogP contribution in [0.3, 0.4) is 0 Å². The molecule has 3 aromatic rings. The zero-order chi connectivity index (χ0) is 24.6. The van der Waals surface area contributed by atoms with Crippen LogP contribution in [0.1, 0.15) is 11.1 Å². The molecule has 0 saturated carbocycles. The van der Waals surface area contributed by atoms with E-state index in [-0.39, 0.29) is 16.6 Å². The van der Waals surface area contributed by atoms with Crippen LogP contribution in [0.4, 0.5) is 0 Å². The van der Waals surface area contributed by atoms with Gasteiger partial charge in [-0.2, -0.15) is 0 Å². The molecule has 178 valence electrons. The SMILES string of the molecule is COc1ccc(/C=C/C(=O)NCCc2ccc(Oc3ccccc3)c(S(N)(=O)=O)c2)c(OC)c1. The highest BCUT2D eigenvalue weighted by atomic mass is 32.2. The van der Waals surface area contributed by atoms with E-state index < -0.39 is 10.0 Å². The fourth-order valence-electron chi connectivity index (χ4n) is 3.14. The van der Waals surface area contributed by atoms with Crippen molar-refractivity contribution in [3.8, 4) is 23.0 Å². The highest BCUT2D eigenvalue weighted by Crippen LogP contribution is 2.29. The van der Waals surface area contributed by atoms with Gasteiger partial charge in [0, 0.05) is 24.3 Å². The molecule has 0 fully saturated rings. The first kappa shape index (κ1) is 24.8. The van der Waals surface area contributed by atoms with Crippen LogP contribution >= 0.6 is 0 Å². The van der Waals surface area contributed by atoms with Gasteiger partial charge in [-0.05, 0) is 54.5 Å². The first-order chi connectivity index (χ1) is 16.3. The second-order valence-electron chi connectivity index (χ2n) is 7.22. The molecule has 34 heavy (non-hydrogen) atoms. The van der Waals surface area contributed by atoms with Crippen molar-refractivity contribution < 1.29 is 27.4 Å². The first-order valence-electron chi connectivity index (χ1n) is 10.4. The van der Waals surface area contributed by atoms with Gasteiger partial charge in [0.15, 0.2) is 0 Å². The number of hydrogen-bond acceptors (Lipinski definition) is 6. The van der Waals surface area contributed by atoms with E-state index in [0.29, 0.717) is 35.8 Å². The van der Waals surface area contributed by atoms with Gasteiger partial charge in [-0.15, -0.1) is 0 Å². The fourth-order valence-corrected chi connectivity index (χ4v) is 3.85. The summed E-state index contributed by atoms with van der Waals surface area (Å²) < 4.78 is 40.3. The monoisotopic (exact) mass is 482 g/mol. The lowest BCUT2D eigenvalue weighted by molar-refractivity contribution is -0.116. The molecule has 0 saturated heterocycles. The summed E-state index contributed by atoms with van der Waals surface area (Å²) in [5, 5.41) is 8.16. The van der Waals surface area contributed by atoms with E-state index in [0.717, 1.165) is 5.56 Å². The average molecular weight is 483 g/mol. The summed E-state index contributed by atoms with van der Waals surface area (Å²) in [5.74, 6) is 1.56. The molecule has 0 bridgehead atoms. The van der Waals surface area contributed by atoms with Gasteiger partial charge in [-0.3, -0.25) is 4.79 Å². The Morgan fingerprint density at radius 2 is 1.71 bits per heavy atom. The normalized spacial score (nSPS) is 11.3. The predicted molar refractivity (Wildman–Crippen MR) is 130 cm³/mol. The van der Waals surface area contributed by atoms with E-state index in [4.69, 9.17) is 19.3 Å². The summed E-state index contributed by atoms with van der Waals surface area (Å²) >= 11 is 0. The lowest BCUT2D eigenvalue weighted by Gasteiger charge is -2.12. The lowest BCUT2D eigenvalue weighted by Crippen LogP contribution is -2.23. The molecule has 8 nitrogen and oxygen atoms in total. The van der Waals surface area contributed by atoms with Crippen LogP contribution in [0.25, 0.3) is 6.08 Å². The van der Waals surface area contributed by atoms with Crippen LogP contribution in [0.5, 0.6) is 23.0 Å². The van der Waals surface area contributed by atoms with Gasteiger partial charge in [0.1, 0.15) is 27.9 Å². The Morgan fingerprint density at radius 3 is 2.38 bits per heavy atom. The molecule has 0 spiro atoms. The molecule has 0 unspecified atom stereocenters. The molecule has 0 aliphatic carbocycles. The summed E-state index contributed by atoms with van der Waals surface area (Å²) in [7, 11) is -0.910. The number of nitrogens with two attached hydrogens (primary N) is 1. The molecule has 3 N–H and O–H groups in total. The summed E-state index contributed by atoms with van der Waals surface area (Å²) in [6.07, 6.45) is 3.44. The zero-order valence-electron chi connectivity index (χ0n) is 18.9. The number of rotatable bonds is 10. The highest BCUT2D eigenvalue weighted by molar-refractivity contribution is 7.89. The number of carbonyl (C=O) groups excluding carboxylic acids is 1. The summed E-state index contributed by atoms with van der Waals surface area (Å²) in [5.41, 5.74) is 1.41. The van der Waals surface area contributed by atoms with Crippen molar-refractivity contribution in [1.29, 1.82) is 0 Å². The molecule has 3 rings (SSSR count). The van der Waals surface area contributed by atoms with Gasteiger partial charge in [0.05, 0.1) is 14.2 Å². The second-order valence-corrected chi connectivity index (χ2v) is 8.75. The average Bonchev–Trinajstić information content (AvgIpc) is 2.83.